The number of carbonyl (C=O) groups excluding carboxylic acids is 2. The number of pyridine rings is 1. The minimum atomic E-state index is -0.389. The van der Waals surface area contributed by atoms with Crippen molar-refractivity contribution in [2.45, 2.75) is 27.3 Å². The molecule has 7 heteroatoms. The van der Waals surface area contributed by atoms with Crippen LogP contribution in [0.4, 0.5) is 10.5 Å². The number of hydrogen-bond donors (Lipinski definition) is 1. The molecule has 0 saturated heterocycles. The summed E-state index contributed by atoms with van der Waals surface area (Å²) in [5, 5.41) is 4.26. The van der Waals surface area contributed by atoms with Gasteiger partial charge in [-0.05, 0) is 49.2 Å². The Morgan fingerprint density at radius 2 is 1.84 bits per heavy atom. The first-order valence-electron chi connectivity index (χ1n) is 10.2. The van der Waals surface area contributed by atoms with Gasteiger partial charge in [-0.25, -0.2) is 14.6 Å². The maximum absolute atomic E-state index is 13.0. The number of nitrogens with one attached hydrogen (secondary N) is 1. The highest BCUT2D eigenvalue weighted by Crippen LogP contribution is 2.23. The highest BCUT2D eigenvalue weighted by molar-refractivity contribution is 6.30. The van der Waals surface area contributed by atoms with Crippen molar-refractivity contribution in [2.24, 2.45) is 5.92 Å². The van der Waals surface area contributed by atoms with E-state index in [0.717, 1.165) is 16.5 Å². The number of amides is 2. The Labute approximate surface area is 187 Å². The normalized spacial score (nSPS) is 10.9. The lowest BCUT2D eigenvalue weighted by molar-refractivity contribution is 0.0526. The summed E-state index contributed by atoms with van der Waals surface area (Å²) in [6, 6.07) is 16.1. The topological polar surface area (TPSA) is 71.5 Å². The molecule has 6 nitrogen and oxygen atoms in total. The van der Waals surface area contributed by atoms with Gasteiger partial charge in [-0.2, -0.15) is 0 Å². The first-order valence-corrected chi connectivity index (χ1v) is 10.6. The van der Waals surface area contributed by atoms with Crippen LogP contribution in [0.3, 0.4) is 0 Å². The van der Waals surface area contributed by atoms with E-state index in [4.69, 9.17) is 16.3 Å². The summed E-state index contributed by atoms with van der Waals surface area (Å²) in [4.78, 5) is 31.0. The molecule has 0 aliphatic heterocycles. The predicted molar refractivity (Wildman–Crippen MR) is 123 cm³/mol. The van der Waals surface area contributed by atoms with Crippen LogP contribution in [-0.4, -0.2) is 35.0 Å². The minimum Gasteiger partial charge on any atom is -0.462 e. The SMILES string of the molecule is CCOC(=O)c1ccc(NC(=O)N(Cc2cc3ccccc3nc2Cl)CC(C)C)cc1. The van der Waals surface area contributed by atoms with E-state index in [1.54, 1.807) is 36.1 Å². The summed E-state index contributed by atoms with van der Waals surface area (Å²) in [7, 11) is 0. The lowest BCUT2D eigenvalue weighted by Gasteiger charge is -2.25. The fraction of sp³-hybridized carbons (Fsp3) is 0.292. The second-order valence-electron chi connectivity index (χ2n) is 7.63. The maximum Gasteiger partial charge on any atom is 0.338 e. The Kier molecular flexibility index (Phi) is 7.47. The lowest BCUT2D eigenvalue weighted by atomic mass is 10.1. The second kappa shape index (κ2) is 10.3. The van der Waals surface area contributed by atoms with Gasteiger partial charge in [-0.1, -0.05) is 43.6 Å². The molecule has 31 heavy (non-hydrogen) atoms. The Morgan fingerprint density at radius 1 is 1.13 bits per heavy atom. The number of esters is 1. The highest BCUT2D eigenvalue weighted by Gasteiger charge is 2.18. The minimum absolute atomic E-state index is 0.248. The van der Waals surface area contributed by atoms with Crippen LogP contribution in [0, 0.1) is 5.92 Å². The van der Waals surface area contributed by atoms with Crippen LogP contribution in [0.25, 0.3) is 10.9 Å². The molecule has 3 aromatic rings. The van der Waals surface area contributed by atoms with Crippen molar-refractivity contribution in [3.8, 4) is 0 Å². The molecule has 0 saturated carbocycles. The summed E-state index contributed by atoms with van der Waals surface area (Å²) in [5.41, 5.74) is 2.63. The van der Waals surface area contributed by atoms with Crippen molar-refractivity contribution in [3.63, 3.8) is 0 Å². The number of carbonyl (C=O) groups is 2. The van der Waals surface area contributed by atoms with Gasteiger partial charge in [-0.15, -0.1) is 0 Å². The third-order valence-corrected chi connectivity index (χ3v) is 4.96. The van der Waals surface area contributed by atoms with E-state index in [1.807, 2.05) is 30.3 Å². The smallest absolute Gasteiger partial charge is 0.338 e. The van der Waals surface area contributed by atoms with Crippen molar-refractivity contribution >= 4 is 40.2 Å². The molecule has 0 aliphatic carbocycles. The van der Waals surface area contributed by atoms with Gasteiger partial charge in [0.2, 0.25) is 0 Å². The number of anilines is 1. The zero-order valence-corrected chi connectivity index (χ0v) is 18.6. The van der Waals surface area contributed by atoms with Gasteiger partial charge in [0.15, 0.2) is 0 Å². The van der Waals surface area contributed by atoms with Crippen LogP contribution >= 0.6 is 11.6 Å². The number of rotatable bonds is 7. The van der Waals surface area contributed by atoms with Crippen LogP contribution < -0.4 is 5.32 Å². The molecule has 0 spiro atoms. The standard InChI is InChI=1S/C24H26ClN3O3/c1-4-31-23(29)17-9-11-20(12-10-17)26-24(30)28(14-16(2)3)15-19-13-18-7-5-6-8-21(18)27-22(19)25/h5-13,16H,4,14-15H2,1-3H3,(H,26,30). The van der Waals surface area contributed by atoms with Crippen LogP contribution in [0.5, 0.6) is 0 Å². The number of halogens is 1. The van der Waals surface area contributed by atoms with E-state index in [9.17, 15) is 9.59 Å². The Balaban J connectivity index is 1.77. The van der Waals surface area contributed by atoms with E-state index in [1.165, 1.54) is 0 Å². The summed E-state index contributed by atoms with van der Waals surface area (Å²) in [6.07, 6.45) is 0. The molecule has 2 aromatic carbocycles. The van der Waals surface area contributed by atoms with Crippen molar-refractivity contribution < 1.29 is 14.3 Å². The molecule has 162 valence electrons. The highest BCUT2D eigenvalue weighted by atomic mass is 35.5. The predicted octanol–water partition coefficient (Wildman–Crippen LogP) is 5.76. The van der Waals surface area contributed by atoms with Crippen LogP contribution in [0.1, 0.15) is 36.7 Å². The van der Waals surface area contributed by atoms with Crippen LogP contribution in [-0.2, 0) is 11.3 Å². The molecule has 0 fully saturated rings. The number of ether oxygens (including phenoxy) is 1. The van der Waals surface area contributed by atoms with Gasteiger partial charge < -0.3 is 15.0 Å². The number of fused-ring (bicyclic) bond motifs is 1. The number of hydrogen-bond acceptors (Lipinski definition) is 4. The van der Waals surface area contributed by atoms with E-state index < -0.39 is 0 Å². The summed E-state index contributed by atoms with van der Waals surface area (Å²) < 4.78 is 4.99. The molecular formula is C24H26ClN3O3. The molecular weight excluding hydrogens is 414 g/mol. The van der Waals surface area contributed by atoms with E-state index in [-0.39, 0.29) is 17.9 Å². The third-order valence-electron chi connectivity index (χ3n) is 4.63. The number of benzene rings is 2. The van der Waals surface area contributed by atoms with E-state index >= 15 is 0 Å². The third kappa shape index (κ3) is 5.95. The largest absolute Gasteiger partial charge is 0.462 e. The molecule has 1 aromatic heterocycles. The van der Waals surface area contributed by atoms with Crippen LogP contribution in [0.2, 0.25) is 5.15 Å². The number of nitrogens with zero attached hydrogens (tertiary/aromatic N) is 2. The van der Waals surface area contributed by atoms with Crippen molar-refractivity contribution in [3.05, 3.63) is 70.9 Å². The average molecular weight is 440 g/mol. The average Bonchev–Trinajstić information content (AvgIpc) is 2.74. The zero-order valence-electron chi connectivity index (χ0n) is 17.9. The number of urea groups is 1. The van der Waals surface area contributed by atoms with Gasteiger partial charge >= 0.3 is 12.0 Å². The van der Waals surface area contributed by atoms with E-state index in [0.29, 0.717) is 36.1 Å². The fourth-order valence-corrected chi connectivity index (χ4v) is 3.42. The molecule has 2 amide bonds. The first kappa shape index (κ1) is 22.6. The molecule has 0 bridgehead atoms. The molecule has 0 radical (unpaired) electrons. The fourth-order valence-electron chi connectivity index (χ4n) is 3.22. The van der Waals surface area contributed by atoms with Gasteiger partial charge in [0.1, 0.15) is 5.15 Å². The van der Waals surface area contributed by atoms with Gasteiger partial charge in [0.05, 0.1) is 24.2 Å². The monoisotopic (exact) mass is 439 g/mol. The van der Waals surface area contributed by atoms with Crippen molar-refractivity contribution in [1.29, 1.82) is 0 Å². The van der Waals surface area contributed by atoms with Gasteiger partial charge in [0.25, 0.3) is 0 Å². The zero-order chi connectivity index (χ0) is 22.4. The molecule has 1 N–H and O–H groups in total. The maximum atomic E-state index is 13.0. The number of aromatic nitrogens is 1. The summed E-state index contributed by atoms with van der Waals surface area (Å²) in [6.45, 7) is 7.06. The summed E-state index contributed by atoms with van der Waals surface area (Å²) >= 11 is 6.41. The van der Waals surface area contributed by atoms with E-state index in [2.05, 4.69) is 24.1 Å². The van der Waals surface area contributed by atoms with Crippen molar-refractivity contribution in [1.82, 2.24) is 9.88 Å². The lowest BCUT2D eigenvalue weighted by Crippen LogP contribution is -2.37. The van der Waals surface area contributed by atoms with Crippen molar-refractivity contribution in [2.75, 3.05) is 18.5 Å². The molecule has 0 atom stereocenters. The Morgan fingerprint density at radius 3 is 2.52 bits per heavy atom. The van der Waals surface area contributed by atoms with Gasteiger partial charge in [-0.3, -0.25) is 0 Å². The molecule has 0 unspecified atom stereocenters. The van der Waals surface area contributed by atoms with Gasteiger partial charge in [0, 0.05) is 23.2 Å². The summed E-state index contributed by atoms with van der Waals surface area (Å²) in [5.74, 6) is -0.121. The Bertz CT molecular complexity index is 1070. The quantitative estimate of drug-likeness (QED) is 0.375. The number of para-hydroxylation sites is 1. The molecule has 0 aliphatic rings. The van der Waals surface area contributed by atoms with Crippen LogP contribution in [0.15, 0.2) is 54.6 Å². The molecule has 3 rings (SSSR count). The second-order valence-corrected chi connectivity index (χ2v) is 7.99. The molecule has 1 heterocycles. The Hall–Kier alpha value is -3.12. The first-order chi connectivity index (χ1) is 14.9.